The minimum absolute atomic E-state index is 0.191. The van der Waals surface area contributed by atoms with Gasteiger partial charge in [0.15, 0.2) is 0 Å². The van der Waals surface area contributed by atoms with E-state index in [1.807, 2.05) is 49.4 Å². The van der Waals surface area contributed by atoms with E-state index in [1.54, 1.807) is 0 Å². The van der Waals surface area contributed by atoms with E-state index in [0.717, 1.165) is 21.7 Å². The van der Waals surface area contributed by atoms with Gasteiger partial charge in [-0.15, -0.1) is 10.2 Å². The highest BCUT2D eigenvalue weighted by molar-refractivity contribution is 5.89. The molecular weight excluding hydrogens is 487 g/mol. The summed E-state index contributed by atoms with van der Waals surface area (Å²) in [5.74, 6) is -2.17. The monoisotopic (exact) mass is 515 g/mol. The molecule has 4 rings (SSSR count). The highest BCUT2D eigenvalue weighted by Crippen LogP contribution is 2.27. The molecule has 0 aliphatic carbocycles. The first-order valence-corrected chi connectivity index (χ1v) is 12.0. The first-order chi connectivity index (χ1) is 17.6. The van der Waals surface area contributed by atoms with Crippen LogP contribution in [0.15, 0.2) is 46.9 Å². The topological polar surface area (TPSA) is 101 Å². The van der Waals surface area contributed by atoms with Gasteiger partial charge in [0.1, 0.15) is 18.6 Å². The summed E-state index contributed by atoms with van der Waals surface area (Å²) in [6, 6.07) is 11.3. The van der Waals surface area contributed by atoms with Gasteiger partial charge in [-0.3, -0.25) is 14.6 Å². The smallest absolute Gasteiger partial charge is 0.314 e. The molecule has 196 valence electrons. The van der Waals surface area contributed by atoms with Gasteiger partial charge in [0.2, 0.25) is 17.7 Å². The number of carbonyl (C=O) groups is 2. The van der Waals surface area contributed by atoms with E-state index in [2.05, 4.69) is 29.4 Å². The third-order valence-corrected chi connectivity index (χ3v) is 6.33. The Morgan fingerprint density at radius 1 is 1.14 bits per heavy atom. The third-order valence-electron chi connectivity index (χ3n) is 6.33. The molecule has 1 aliphatic rings. The number of hydrogen-bond acceptors (Lipinski definition) is 6. The quantitative estimate of drug-likeness (QED) is 0.482. The largest absolute Gasteiger partial charge is 0.419 e. The molecule has 1 fully saturated rings. The number of hydrogen-bond donors (Lipinski definition) is 1. The van der Waals surface area contributed by atoms with Crippen molar-refractivity contribution in [3.05, 3.63) is 76.8 Å². The lowest BCUT2D eigenvalue weighted by atomic mass is 9.98. The molecule has 3 unspecified atom stereocenters. The highest BCUT2D eigenvalue weighted by atomic mass is 19.3. The number of rotatable bonds is 8. The summed E-state index contributed by atoms with van der Waals surface area (Å²) in [4.78, 5) is 32.1. The van der Waals surface area contributed by atoms with Crippen LogP contribution in [0.3, 0.4) is 0 Å². The van der Waals surface area contributed by atoms with Crippen LogP contribution in [0.4, 0.5) is 13.2 Å². The molecular formula is C26H28F3N5O3. The van der Waals surface area contributed by atoms with E-state index in [-0.39, 0.29) is 24.8 Å². The van der Waals surface area contributed by atoms with Gasteiger partial charge in [0.25, 0.3) is 5.89 Å². The normalized spacial score (nSPS) is 18.4. The maximum absolute atomic E-state index is 14.4. The average molecular weight is 516 g/mol. The van der Waals surface area contributed by atoms with Crippen LogP contribution in [0.1, 0.15) is 72.9 Å². The third kappa shape index (κ3) is 5.98. The van der Waals surface area contributed by atoms with Crippen molar-refractivity contribution < 1.29 is 27.2 Å². The number of amides is 2. The fraction of sp³-hybridized carbons (Fsp3) is 0.423. The molecule has 1 aromatic carbocycles. The molecule has 11 heteroatoms. The lowest BCUT2D eigenvalue weighted by molar-refractivity contribution is -0.138. The zero-order valence-electron chi connectivity index (χ0n) is 20.7. The number of halogens is 3. The fourth-order valence-corrected chi connectivity index (χ4v) is 4.54. The molecule has 2 aromatic heterocycles. The zero-order valence-corrected chi connectivity index (χ0v) is 20.7. The molecule has 37 heavy (non-hydrogen) atoms. The van der Waals surface area contributed by atoms with Gasteiger partial charge in [-0.25, -0.2) is 4.39 Å². The number of nitrogens with zero attached hydrogens (tertiary/aromatic N) is 4. The maximum Gasteiger partial charge on any atom is 0.314 e. The van der Waals surface area contributed by atoms with Crippen LogP contribution in [0.25, 0.3) is 0 Å². The SMILES string of the molecule is Cc1nc(C(NC(=O)C2CC(F)CN2C(=O)Cc2nnc(C(F)F)o2)c2ccccc2)ccc1C(C)C. The van der Waals surface area contributed by atoms with E-state index >= 15 is 0 Å². The van der Waals surface area contributed by atoms with Crippen LogP contribution in [0.2, 0.25) is 0 Å². The number of benzene rings is 1. The van der Waals surface area contributed by atoms with Crippen molar-refractivity contribution in [3.63, 3.8) is 0 Å². The summed E-state index contributed by atoms with van der Waals surface area (Å²) in [6.45, 7) is 5.75. The molecule has 0 radical (unpaired) electrons. The minimum atomic E-state index is -2.97. The molecule has 0 bridgehead atoms. The predicted molar refractivity (Wildman–Crippen MR) is 127 cm³/mol. The Kier molecular flexibility index (Phi) is 7.89. The highest BCUT2D eigenvalue weighted by Gasteiger charge is 2.41. The van der Waals surface area contributed by atoms with E-state index in [9.17, 15) is 22.8 Å². The molecule has 3 aromatic rings. The van der Waals surface area contributed by atoms with Crippen molar-refractivity contribution >= 4 is 11.8 Å². The minimum Gasteiger partial charge on any atom is -0.419 e. The fourth-order valence-electron chi connectivity index (χ4n) is 4.54. The number of aryl methyl sites for hydroxylation is 1. The van der Waals surface area contributed by atoms with Crippen LogP contribution in [0.5, 0.6) is 0 Å². The van der Waals surface area contributed by atoms with Crippen molar-refractivity contribution in [2.75, 3.05) is 6.54 Å². The molecule has 3 heterocycles. The number of nitrogens with one attached hydrogen (secondary N) is 1. The average Bonchev–Trinajstić information content (AvgIpc) is 3.49. The Morgan fingerprint density at radius 3 is 2.49 bits per heavy atom. The second-order valence-electron chi connectivity index (χ2n) is 9.32. The Balaban J connectivity index is 1.56. The number of pyridine rings is 1. The van der Waals surface area contributed by atoms with Crippen molar-refractivity contribution in [3.8, 4) is 0 Å². The summed E-state index contributed by atoms with van der Waals surface area (Å²) in [5, 5.41) is 9.59. The molecule has 1 aliphatic heterocycles. The summed E-state index contributed by atoms with van der Waals surface area (Å²) < 4.78 is 44.7. The Hall–Kier alpha value is -3.76. The van der Waals surface area contributed by atoms with Gasteiger partial charge in [-0.2, -0.15) is 8.78 Å². The molecule has 8 nitrogen and oxygen atoms in total. The lowest BCUT2D eigenvalue weighted by Crippen LogP contribution is -2.47. The Labute approximate surface area is 212 Å². The van der Waals surface area contributed by atoms with Crippen molar-refractivity contribution in [2.45, 2.75) is 64.2 Å². The van der Waals surface area contributed by atoms with E-state index < -0.39 is 48.8 Å². The number of alkyl halides is 3. The van der Waals surface area contributed by atoms with Gasteiger partial charge in [0.05, 0.1) is 18.3 Å². The van der Waals surface area contributed by atoms with Crippen molar-refractivity contribution in [1.82, 2.24) is 25.4 Å². The number of carbonyl (C=O) groups excluding carboxylic acids is 2. The lowest BCUT2D eigenvalue weighted by Gasteiger charge is -2.26. The van der Waals surface area contributed by atoms with Gasteiger partial charge in [0, 0.05) is 12.1 Å². The summed E-state index contributed by atoms with van der Waals surface area (Å²) >= 11 is 0. The molecule has 1 saturated heterocycles. The maximum atomic E-state index is 14.4. The standard InChI is InChI=1S/C26H28F3N5O3/c1-14(2)18-9-10-19(30-15(18)3)23(16-7-5-4-6-8-16)31-25(36)20-11-17(27)13-34(20)22(35)12-21-32-33-26(37-21)24(28)29/h4-10,14,17,20,23-24H,11-13H2,1-3H3,(H,31,36). The van der Waals surface area contributed by atoms with E-state index in [0.29, 0.717) is 5.69 Å². The van der Waals surface area contributed by atoms with Crippen LogP contribution >= 0.6 is 0 Å². The van der Waals surface area contributed by atoms with Crippen LogP contribution < -0.4 is 5.32 Å². The first kappa shape index (κ1) is 26.3. The molecule has 1 N–H and O–H groups in total. The first-order valence-electron chi connectivity index (χ1n) is 12.0. The summed E-state index contributed by atoms with van der Waals surface area (Å²) in [6.07, 6.45) is -5.10. The van der Waals surface area contributed by atoms with Crippen molar-refractivity contribution in [2.24, 2.45) is 0 Å². The van der Waals surface area contributed by atoms with Gasteiger partial charge in [-0.05, 0) is 30.0 Å². The van der Waals surface area contributed by atoms with E-state index in [4.69, 9.17) is 9.40 Å². The Bertz CT molecular complexity index is 1250. The van der Waals surface area contributed by atoms with Crippen LogP contribution in [-0.4, -0.2) is 50.7 Å². The molecule has 3 atom stereocenters. The molecule has 2 amide bonds. The molecule has 0 saturated carbocycles. The molecule has 0 spiro atoms. The van der Waals surface area contributed by atoms with Crippen molar-refractivity contribution in [1.29, 1.82) is 0 Å². The zero-order chi connectivity index (χ0) is 26.7. The van der Waals surface area contributed by atoms with Gasteiger partial charge in [-0.1, -0.05) is 50.2 Å². The van der Waals surface area contributed by atoms with Crippen LogP contribution in [0, 0.1) is 6.92 Å². The second kappa shape index (κ2) is 11.1. The Morgan fingerprint density at radius 2 is 1.86 bits per heavy atom. The van der Waals surface area contributed by atoms with Gasteiger partial charge >= 0.3 is 6.43 Å². The van der Waals surface area contributed by atoms with Crippen LogP contribution in [-0.2, 0) is 16.0 Å². The predicted octanol–water partition coefficient (Wildman–Crippen LogP) is 4.22. The number of aromatic nitrogens is 3. The second-order valence-corrected chi connectivity index (χ2v) is 9.32. The van der Waals surface area contributed by atoms with Gasteiger partial charge < -0.3 is 14.6 Å². The number of likely N-dealkylation sites (tertiary alicyclic amines) is 1. The summed E-state index contributed by atoms with van der Waals surface area (Å²) in [7, 11) is 0. The van der Waals surface area contributed by atoms with E-state index in [1.165, 1.54) is 0 Å². The summed E-state index contributed by atoms with van der Waals surface area (Å²) in [5.41, 5.74) is 3.32.